The summed E-state index contributed by atoms with van der Waals surface area (Å²) in [5.74, 6) is 1.42. The molecule has 0 N–H and O–H groups in total. The molecule has 0 atom stereocenters. The number of ether oxygens (including phenoxy) is 3. The van der Waals surface area contributed by atoms with Crippen LogP contribution in [0, 0.1) is 0 Å². The third kappa shape index (κ3) is 5.28. The van der Waals surface area contributed by atoms with Crippen LogP contribution in [0.5, 0.6) is 11.5 Å². The van der Waals surface area contributed by atoms with Crippen LogP contribution in [-0.2, 0) is 9.53 Å². The van der Waals surface area contributed by atoms with E-state index in [9.17, 15) is 4.79 Å². The zero-order valence-electron chi connectivity index (χ0n) is 17.2. The van der Waals surface area contributed by atoms with Crippen LogP contribution in [-0.4, -0.2) is 72.9 Å². The van der Waals surface area contributed by atoms with E-state index in [4.69, 9.17) is 25.8 Å². The maximum absolute atomic E-state index is 11.5. The molecule has 2 heterocycles. The number of carbonyl (C=O) groups is 1. The van der Waals surface area contributed by atoms with Crippen molar-refractivity contribution in [3.8, 4) is 11.5 Å². The molecule has 1 aliphatic carbocycles. The van der Waals surface area contributed by atoms with E-state index in [1.54, 1.807) is 19.3 Å². The van der Waals surface area contributed by atoms with Crippen LogP contribution in [0.25, 0.3) is 10.9 Å². The number of hydrogen-bond donors (Lipinski definition) is 0. The number of methoxy groups -OCH3 is 1. The Morgan fingerprint density at radius 3 is 2.81 bits per heavy atom. The number of fused-ring (bicyclic) bond motifs is 1. The molecule has 1 aromatic heterocycles. The molecule has 9 heteroatoms. The van der Waals surface area contributed by atoms with Gasteiger partial charge < -0.3 is 14.2 Å². The van der Waals surface area contributed by atoms with Gasteiger partial charge in [0.15, 0.2) is 23.1 Å². The molecule has 0 saturated carbocycles. The molecule has 0 spiro atoms. The Labute approximate surface area is 185 Å². The Morgan fingerprint density at radius 2 is 2.03 bits per heavy atom. The lowest BCUT2D eigenvalue weighted by Gasteiger charge is -2.26. The van der Waals surface area contributed by atoms with E-state index in [1.807, 2.05) is 6.07 Å². The van der Waals surface area contributed by atoms with Crippen LogP contribution >= 0.6 is 11.6 Å². The maximum Gasteiger partial charge on any atom is 0.197 e. The Balaban J connectivity index is 1.54. The fourth-order valence-electron chi connectivity index (χ4n) is 3.39. The number of halogens is 1. The first-order valence-electron chi connectivity index (χ1n) is 10.1. The summed E-state index contributed by atoms with van der Waals surface area (Å²) in [7, 11) is 1.60. The number of hydrogen-bond acceptors (Lipinski definition) is 8. The van der Waals surface area contributed by atoms with Gasteiger partial charge in [0.25, 0.3) is 0 Å². The zero-order chi connectivity index (χ0) is 21.6. The minimum atomic E-state index is -0.245. The molecule has 2 aliphatic rings. The first-order chi connectivity index (χ1) is 15.1. The summed E-state index contributed by atoms with van der Waals surface area (Å²) in [6.45, 7) is 5.00. The minimum absolute atomic E-state index is 0.116. The van der Waals surface area contributed by atoms with Crippen LogP contribution in [0.2, 0.25) is 0 Å². The molecule has 162 valence electrons. The highest BCUT2D eigenvalue weighted by Gasteiger charge is 2.14. The number of rotatable bonds is 7. The van der Waals surface area contributed by atoms with Gasteiger partial charge in [-0.3, -0.25) is 9.69 Å². The van der Waals surface area contributed by atoms with Crippen molar-refractivity contribution in [1.29, 1.82) is 0 Å². The van der Waals surface area contributed by atoms with Gasteiger partial charge in [-0.15, -0.1) is 0 Å². The van der Waals surface area contributed by atoms with Gasteiger partial charge in [0.05, 0.1) is 43.2 Å². The smallest absolute Gasteiger partial charge is 0.197 e. The molecule has 0 radical (unpaired) electrons. The predicted molar refractivity (Wildman–Crippen MR) is 119 cm³/mol. The fourth-order valence-corrected chi connectivity index (χ4v) is 3.56. The third-order valence-electron chi connectivity index (χ3n) is 5.03. The largest absolute Gasteiger partial charge is 0.493 e. The molecule has 1 aromatic carbocycles. The van der Waals surface area contributed by atoms with E-state index in [0.29, 0.717) is 40.5 Å². The molecule has 2 aromatic rings. The number of allylic oxidation sites excluding steroid dienone is 4. The molecule has 0 amide bonds. The van der Waals surface area contributed by atoms with Crippen molar-refractivity contribution in [2.45, 2.75) is 6.42 Å². The normalized spacial score (nSPS) is 18.5. The van der Waals surface area contributed by atoms with E-state index >= 15 is 0 Å². The fraction of sp³-hybridized carbons (Fsp3) is 0.364. The zero-order valence-corrected chi connectivity index (χ0v) is 18.0. The van der Waals surface area contributed by atoms with E-state index in [0.717, 1.165) is 39.3 Å². The molecule has 1 aliphatic heterocycles. The van der Waals surface area contributed by atoms with Crippen molar-refractivity contribution in [2.75, 3.05) is 46.6 Å². The molecular weight excluding hydrogens is 420 g/mol. The Hall–Kier alpha value is -2.81. The molecule has 1 fully saturated rings. The second-order valence-corrected chi connectivity index (χ2v) is 7.51. The third-order valence-corrected chi connectivity index (χ3v) is 5.33. The highest BCUT2D eigenvalue weighted by molar-refractivity contribution is 6.47. The Bertz CT molecular complexity index is 1060. The average Bonchev–Trinajstić information content (AvgIpc) is 2.79. The number of ketones is 1. The van der Waals surface area contributed by atoms with Gasteiger partial charge in [0.2, 0.25) is 0 Å². The van der Waals surface area contributed by atoms with Crippen molar-refractivity contribution < 1.29 is 19.0 Å². The highest BCUT2D eigenvalue weighted by atomic mass is 35.5. The van der Waals surface area contributed by atoms with Gasteiger partial charge in [-0.05, 0) is 30.7 Å². The van der Waals surface area contributed by atoms with E-state index in [-0.39, 0.29) is 10.8 Å². The molecule has 31 heavy (non-hydrogen) atoms. The lowest BCUT2D eigenvalue weighted by molar-refractivity contribution is -0.110. The van der Waals surface area contributed by atoms with Crippen molar-refractivity contribution in [3.05, 3.63) is 41.7 Å². The monoisotopic (exact) mass is 442 g/mol. The van der Waals surface area contributed by atoms with Crippen LogP contribution in [0.1, 0.15) is 6.42 Å². The predicted octanol–water partition coefficient (Wildman–Crippen LogP) is 3.07. The Morgan fingerprint density at radius 1 is 1.19 bits per heavy atom. The molecule has 0 bridgehead atoms. The first kappa shape index (κ1) is 21.4. The summed E-state index contributed by atoms with van der Waals surface area (Å²) in [5.41, 5.74) is 1.21. The molecule has 1 saturated heterocycles. The molecule has 4 rings (SSSR count). The number of morpholine rings is 1. The Kier molecular flexibility index (Phi) is 6.91. The van der Waals surface area contributed by atoms with E-state index in [2.05, 4.69) is 19.9 Å². The van der Waals surface area contributed by atoms with Gasteiger partial charge in [0.1, 0.15) is 6.33 Å². The number of carbonyl (C=O) groups excluding carboxylic acids is 1. The van der Waals surface area contributed by atoms with Crippen LogP contribution in [0.4, 0.5) is 5.82 Å². The lowest BCUT2D eigenvalue weighted by atomic mass is 10.1. The summed E-state index contributed by atoms with van der Waals surface area (Å²) < 4.78 is 16.9. The van der Waals surface area contributed by atoms with Crippen LogP contribution in [0.3, 0.4) is 0 Å². The van der Waals surface area contributed by atoms with Crippen molar-refractivity contribution in [3.63, 3.8) is 0 Å². The number of nitrogens with zero attached hydrogens (tertiary/aromatic N) is 4. The van der Waals surface area contributed by atoms with Gasteiger partial charge >= 0.3 is 0 Å². The summed E-state index contributed by atoms with van der Waals surface area (Å²) in [4.78, 5) is 27.1. The maximum atomic E-state index is 11.5. The summed E-state index contributed by atoms with van der Waals surface area (Å²) in [5, 5.41) is 0.833. The van der Waals surface area contributed by atoms with Crippen molar-refractivity contribution >= 4 is 39.8 Å². The summed E-state index contributed by atoms with van der Waals surface area (Å²) >= 11 is 5.94. The lowest BCUT2D eigenvalue weighted by Crippen LogP contribution is -2.37. The second kappa shape index (κ2) is 10.00. The number of aliphatic imine (C=N–C) groups is 1. The molecular formula is C22H23ClN4O4. The second-order valence-electron chi connectivity index (χ2n) is 7.10. The van der Waals surface area contributed by atoms with Gasteiger partial charge in [-0.25, -0.2) is 15.0 Å². The van der Waals surface area contributed by atoms with Gasteiger partial charge in [-0.2, -0.15) is 0 Å². The van der Waals surface area contributed by atoms with Crippen LogP contribution < -0.4 is 9.47 Å². The van der Waals surface area contributed by atoms with Crippen molar-refractivity contribution in [2.24, 2.45) is 4.99 Å². The van der Waals surface area contributed by atoms with Crippen LogP contribution in [0.15, 0.2) is 46.7 Å². The van der Waals surface area contributed by atoms with Gasteiger partial charge in [0, 0.05) is 31.1 Å². The molecule has 8 nitrogen and oxygen atoms in total. The summed E-state index contributed by atoms with van der Waals surface area (Å²) in [6.07, 6.45) is 6.84. The average molecular weight is 443 g/mol. The summed E-state index contributed by atoms with van der Waals surface area (Å²) in [6, 6.07) is 3.65. The minimum Gasteiger partial charge on any atom is -0.493 e. The van der Waals surface area contributed by atoms with E-state index < -0.39 is 0 Å². The molecule has 0 unspecified atom stereocenters. The van der Waals surface area contributed by atoms with Crippen molar-refractivity contribution in [1.82, 2.24) is 14.9 Å². The quantitative estimate of drug-likeness (QED) is 0.481. The standard InChI is InChI=1S/C22H23ClN4O4/c1-29-20-13-18-16(12-21(20)31-8-2-5-27-6-9-30-10-7-27)22(25-14-24-18)26-15-3-4-19(28)17(23)11-15/h3-4,11-14H,2,5-10H2,1H3. The number of aromatic nitrogens is 2. The van der Waals surface area contributed by atoms with Gasteiger partial charge in [-0.1, -0.05) is 11.6 Å². The number of benzene rings is 1. The van der Waals surface area contributed by atoms with E-state index in [1.165, 1.54) is 18.5 Å². The SMILES string of the molecule is COc1cc2ncnc(N=C3C=CC(=O)C(Cl)=C3)c2cc1OCCCN1CCOCC1. The topological polar surface area (TPSA) is 86.1 Å². The first-order valence-corrected chi connectivity index (χ1v) is 10.5. The highest BCUT2D eigenvalue weighted by Crippen LogP contribution is 2.35.